The summed E-state index contributed by atoms with van der Waals surface area (Å²) < 4.78 is 5.39. The standard InChI is InChI=1S/C18H19BrO3/c1-11-9-15(10-12(2)13(11)3)22-18(21)16(19)17(20)14-7-5-4-6-8-14/h4-10,16-17,20H,1-3H3. The van der Waals surface area contributed by atoms with Crippen molar-refractivity contribution in [3.8, 4) is 5.75 Å². The van der Waals surface area contributed by atoms with Crippen molar-refractivity contribution in [2.45, 2.75) is 31.7 Å². The van der Waals surface area contributed by atoms with Crippen LogP contribution in [0.15, 0.2) is 42.5 Å². The van der Waals surface area contributed by atoms with Crippen LogP contribution in [0.4, 0.5) is 0 Å². The molecule has 0 spiro atoms. The van der Waals surface area contributed by atoms with Crippen LogP contribution in [0.3, 0.4) is 0 Å². The number of aryl methyl sites for hydroxylation is 2. The lowest BCUT2D eigenvalue weighted by Gasteiger charge is -2.17. The van der Waals surface area contributed by atoms with Gasteiger partial charge in [0.1, 0.15) is 16.7 Å². The summed E-state index contributed by atoms with van der Waals surface area (Å²) in [4.78, 5) is 11.4. The first-order valence-corrected chi connectivity index (χ1v) is 7.98. The van der Waals surface area contributed by atoms with Gasteiger partial charge in [-0.25, -0.2) is 0 Å². The Hall–Kier alpha value is -1.65. The lowest BCUT2D eigenvalue weighted by atomic mass is 10.0. The maximum absolute atomic E-state index is 12.2. The van der Waals surface area contributed by atoms with Crippen molar-refractivity contribution in [1.29, 1.82) is 0 Å². The molecule has 2 aromatic carbocycles. The second-order valence-corrected chi connectivity index (χ2v) is 6.35. The molecule has 3 nitrogen and oxygen atoms in total. The lowest BCUT2D eigenvalue weighted by molar-refractivity contribution is -0.135. The van der Waals surface area contributed by atoms with E-state index in [2.05, 4.69) is 15.9 Å². The van der Waals surface area contributed by atoms with E-state index in [0.29, 0.717) is 11.3 Å². The van der Waals surface area contributed by atoms with Crippen LogP contribution in [0, 0.1) is 20.8 Å². The third-order valence-electron chi connectivity index (χ3n) is 3.76. The molecule has 0 bridgehead atoms. The fourth-order valence-electron chi connectivity index (χ4n) is 2.18. The molecule has 0 fully saturated rings. The van der Waals surface area contributed by atoms with Gasteiger partial charge in [0.25, 0.3) is 0 Å². The van der Waals surface area contributed by atoms with Crippen LogP contribution in [0.25, 0.3) is 0 Å². The zero-order valence-corrected chi connectivity index (χ0v) is 14.4. The summed E-state index contributed by atoms with van der Waals surface area (Å²) in [5, 5.41) is 10.2. The molecule has 2 atom stereocenters. The monoisotopic (exact) mass is 362 g/mol. The second kappa shape index (κ2) is 7.07. The van der Waals surface area contributed by atoms with E-state index in [9.17, 15) is 9.90 Å². The largest absolute Gasteiger partial charge is 0.426 e. The maximum Gasteiger partial charge on any atom is 0.328 e. The molecule has 0 aliphatic heterocycles. The van der Waals surface area contributed by atoms with Crippen LogP contribution in [0.1, 0.15) is 28.4 Å². The Morgan fingerprint density at radius 2 is 1.64 bits per heavy atom. The van der Waals surface area contributed by atoms with Crippen molar-refractivity contribution in [2.75, 3.05) is 0 Å². The van der Waals surface area contributed by atoms with Crippen LogP contribution in [0.2, 0.25) is 0 Å². The molecule has 2 rings (SSSR count). The van der Waals surface area contributed by atoms with E-state index in [1.165, 1.54) is 5.56 Å². The van der Waals surface area contributed by atoms with Gasteiger partial charge in [-0.05, 0) is 55.2 Å². The number of ether oxygens (including phenoxy) is 1. The summed E-state index contributed by atoms with van der Waals surface area (Å²) in [7, 11) is 0. The number of halogens is 1. The first-order valence-electron chi connectivity index (χ1n) is 7.06. The number of benzene rings is 2. The summed E-state index contributed by atoms with van der Waals surface area (Å²) in [5.41, 5.74) is 3.98. The average Bonchev–Trinajstić information content (AvgIpc) is 2.51. The van der Waals surface area contributed by atoms with Crippen molar-refractivity contribution < 1.29 is 14.6 Å². The zero-order valence-electron chi connectivity index (χ0n) is 12.8. The summed E-state index contributed by atoms with van der Waals surface area (Å²) in [5.74, 6) is -0.0192. The van der Waals surface area contributed by atoms with Gasteiger partial charge in [-0.15, -0.1) is 0 Å². The SMILES string of the molecule is Cc1cc(OC(=O)C(Br)C(O)c2ccccc2)cc(C)c1C. The Balaban J connectivity index is 2.12. The van der Waals surface area contributed by atoms with Crippen LogP contribution >= 0.6 is 15.9 Å². The van der Waals surface area contributed by atoms with Gasteiger partial charge in [-0.1, -0.05) is 46.3 Å². The van der Waals surface area contributed by atoms with Crippen LogP contribution < -0.4 is 4.74 Å². The molecule has 0 saturated heterocycles. The minimum absolute atomic E-state index is 0.496. The van der Waals surface area contributed by atoms with E-state index in [1.54, 1.807) is 12.1 Å². The van der Waals surface area contributed by atoms with Crippen molar-refractivity contribution in [3.05, 3.63) is 64.7 Å². The molecule has 1 N–H and O–H groups in total. The number of aliphatic hydroxyl groups excluding tert-OH is 1. The second-order valence-electron chi connectivity index (χ2n) is 5.36. The highest BCUT2D eigenvalue weighted by molar-refractivity contribution is 9.10. The first kappa shape index (κ1) is 16.7. The Kier molecular flexibility index (Phi) is 5.37. The number of rotatable bonds is 4. The summed E-state index contributed by atoms with van der Waals surface area (Å²) in [6.45, 7) is 5.98. The summed E-state index contributed by atoms with van der Waals surface area (Å²) in [6, 6.07) is 12.7. The molecule has 0 amide bonds. The number of alkyl halides is 1. The normalized spacial score (nSPS) is 13.5. The fraction of sp³-hybridized carbons (Fsp3) is 0.278. The molecular weight excluding hydrogens is 344 g/mol. The van der Waals surface area contributed by atoms with Gasteiger partial charge in [0.05, 0.1) is 0 Å². The summed E-state index contributed by atoms with van der Waals surface area (Å²) >= 11 is 3.23. The molecule has 0 heterocycles. The smallest absolute Gasteiger partial charge is 0.328 e. The quantitative estimate of drug-likeness (QED) is 0.507. The van der Waals surface area contributed by atoms with Crippen LogP contribution in [-0.2, 0) is 4.79 Å². The molecule has 0 aromatic heterocycles. The van der Waals surface area contributed by atoms with Crippen molar-refractivity contribution in [2.24, 2.45) is 0 Å². The zero-order chi connectivity index (χ0) is 16.3. The Bertz CT molecular complexity index is 644. The van der Waals surface area contributed by atoms with E-state index in [1.807, 2.05) is 51.1 Å². The number of hydrogen-bond donors (Lipinski definition) is 1. The van der Waals surface area contributed by atoms with E-state index < -0.39 is 16.9 Å². The van der Waals surface area contributed by atoms with Gasteiger partial charge in [-0.2, -0.15) is 0 Å². The average molecular weight is 363 g/mol. The van der Waals surface area contributed by atoms with Gasteiger partial charge in [0.2, 0.25) is 0 Å². The molecule has 22 heavy (non-hydrogen) atoms. The van der Waals surface area contributed by atoms with Gasteiger partial charge < -0.3 is 9.84 Å². The highest BCUT2D eigenvalue weighted by atomic mass is 79.9. The van der Waals surface area contributed by atoms with E-state index >= 15 is 0 Å². The molecule has 2 unspecified atom stereocenters. The highest BCUT2D eigenvalue weighted by Crippen LogP contribution is 2.26. The van der Waals surface area contributed by atoms with Gasteiger partial charge in [0.15, 0.2) is 0 Å². The predicted octanol–water partition coefficient (Wildman–Crippen LogP) is 4.01. The molecule has 4 heteroatoms. The lowest BCUT2D eigenvalue weighted by Crippen LogP contribution is -2.27. The van der Waals surface area contributed by atoms with Gasteiger partial charge in [0, 0.05) is 0 Å². The molecule has 2 aromatic rings. The minimum Gasteiger partial charge on any atom is -0.426 e. The fourth-order valence-corrected chi connectivity index (χ4v) is 2.57. The summed E-state index contributed by atoms with van der Waals surface area (Å²) in [6.07, 6.45) is -0.957. The highest BCUT2D eigenvalue weighted by Gasteiger charge is 2.27. The predicted molar refractivity (Wildman–Crippen MR) is 90.4 cm³/mol. The topological polar surface area (TPSA) is 46.5 Å². The molecular formula is C18H19BrO3. The van der Waals surface area contributed by atoms with Crippen molar-refractivity contribution in [1.82, 2.24) is 0 Å². The number of aliphatic hydroxyl groups is 1. The third-order valence-corrected chi connectivity index (χ3v) is 4.64. The van der Waals surface area contributed by atoms with E-state index in [4.69, 9.17) is 4.74 Å². The Labute approximate surface area is 139 Å². The van der Waals surface area contributed by atoms with Crippen LogP contribution in [0.5, 0.6) is 5.75 Å². The van der Waals surface area contributed by atoms with Crippen molar-refractivity contribution in [3.63, 3.8) is 0 Å². The molecule has 116 valence electrons. The number of carbonyl (C=O) groups is 1. The minimum atomic E-state index is -0.957. The Morgan fingerprint density at radius 3 is 2.18 bits per heavy atom. The Morgan fingerprint density at radius 1 is 1.09 bits per heavy atom. The number of hydrogen-bond acceptors (Lipinski definition) is 3. The molecule has 0 radical (unpaired) electrons. The van der Waals surface area contributed by atoms with E-state index in [0.717, 1.165) is 11.1 Å². The van der Waals surface area contributed by atoms with E-state index in [-0.39, 0.29) is 0 Å². The molecule has 0 saturated carbocycles. The maximum atomic E-state index is 12.2. The molecule has 0 aliphatic carbocycles. The number of carbonyl (C=O) groups excluding carboxylic acids is 1. The van der Waals surface area contributed by atoms with Gasteiger partial charge in [-0.3, -0.25) is 4.79 Å². The van der Waals surface area contributed by atoms with Gasteiger partial charge >= 0.3 is 5.97 Å². The molecule has 0 aliphatic rings. The van der Waals surface area contributed by atoms with Crippen LogP contribution in [-0.4, -0.2) is 15.9 Å². The number of esters is 1. The van der Waals surface area contributed by atoms with Crippen molar-refractivity contribution >= 4 is 21.9 Å². The first-order chi connectivity index (χ1) is 10.4. The third kappa shape index (κ3) is 3.76.